The number of β-amino-alcohol motifs (C(OH)–C–C–N with tert-alkyl or cyclic N) is 1. The maximum absolute atomic E-state index is 9.59. The molecule has 1 saturated heterocycles. The zero-order valence-electron chi connectivity index (χ0n) is 8.98. The standard InChI is InChI=1S/C11H17N3O/c1-12-11-7-9(4-5-13-11)14-6-2-3-10(15)8-14/h4-5,7,10,15H,2-3,6,8H2,1H3,(H,12,13). The fraction of sp³-hybridized carbons (Fsp3) is 0.545. The number of aliphatic hydroxyl groups excluding tert-OH is 1. The van der Waals surface area contributed by atoms with Crippen molar-refractivity contribution in [3.05, 3.63) is 18.3 Å². The number of aliphatic hydroxyl groups is 1. The van der Waals surface area contributed by atoms with Gasteiger partial charge in [0.1, 0.15) is 5.82 Å². The van der Waals surface area contributed by atoms with Crippen molar-refractivity contribution in [1.29, 1.82) is 0 Å². The van der Waals surface area contributed by atoms with Crippen LogP contribution in [0.25, 0.3) is 0 Å². The highest BCUT2D eigenvalue weighted by Gasteiger charge is 2.17. The largest absolute Gasteiger partial charge is 0.391 e. The van der Waals surface area contributed by atoms with Crippen LogP contribution in [0.4, 0.5) is 11.5 Å². The molecule has 0 amide bonds. The van der Waals surface area contributed by atoms with E-state index in [1.165, 1.54) is 0 Å². The van der Waals surface area contributed by atoms with Crippen LogP contribution in [0.2, 0.25) is 0 Å². The molecule has 0 radical (unpaired) electrons. The smallest absolute Gasteiger partial charge is 0.127 e. The highest BCUT2D eigenvalue weighted by atomic mass is 16.3. The van der Waals surface area contributed by atoms with Crippen LogP contribution >= 0.6 is 0 Å². The molecule has 1 aliphatic heterocycles. The summed E-state index contributed by atoms with van der Waals surface area (Å²) < 4.78 is 0. The molecule has 0 saturated carbocycles. The van der Waals surface area contributed by atoms with Gasteiger partial charge in [-0.15, -0.1) is 0 Å². The number of hydrogen-bond donors (Lipinski definition) is 2. The number of nitrogens with zero attached hydrogens (tertiary/aromatic N) is 2. The van der Waals surface area contributed by atoms with Gasteiger partial charge in [-0.2, -0.15) is 0 Å². The first-order valence-electron chi connectivity index (χ1n) is 5.36. The van der Waals surface area contributed by atoms with Crippen LogP contribution in [0.15, 0.2) is 18.3 Å². The van der Waals surface area contributed by atoms with Gasteiger partial charge >= 0.3 is 0 Å². The van der Waals surface area contributed by atoms with Crippen LogP contribution in [0.1, 0.15) is 12.8 Å². The van der Waals surface area contributed by atoms with Crippen molar-refractivity contribution in [3.8, 4) is 0 Å². The van der Waals surface area contributed by atoms with Gasteiger partial charge in [0.25, 0.3) is 0 Å². The van der Waals surface area contributed by atoms with Crippen molar-refractivity contribution in [1.82, 2.24) is 4.98 Å². The third kappa shape index (κ3) is 2.39. The van der Waals surface area contributed by atoms with Gasteiger partial charge in [0.15, 0.2) is 0 Å². The average Bonchev–Trinajstić information content (AvgIpc) is 2.29. The first-order chi connectivity index (χ1) is 7.29. The molecular formula is C11H17N3O. The predicted molar refractivity (Wildman–Crippen MR) is 61.2 cm³/mol. The van der Waals surface area contributed by atoms with Crippen molar-refractivity contribution in [2.45, 2.75) is 18.9 Å². The number of rotatable bonds is 2. The van der Waals surface area contributed by atoms with E-state index in [0.29, 0.717) is 0 Å². The molecule has 15 heavy (non-hydrogen) atoms. The monoisotopic (exact) mass is 207 g/mol. The number of piperidine rings is 1. The molecule has 0 aliphatic carbocycles. The minimum Gasteiger partial charge on any atom is -0.391 e. The van der Waals surface area contributed by atoms with Crippen molar-refractivity contribution in [2.75, 3.05) is 30.4 Å². The van der Waals surface area contributed by atoms with Gasteiger partial charge in [0.05, 0.1) is 6.10 Å². The highest BCUT2D eigenvalue weighted by molar-refractivity contribution is 5.53. The fourth-order valence-corrected chi connectivity index (χ4v) is 1.94. The minimum absolute atomic E-state index is 0.190. The normalized spacial score (nSPS) is 21.5. The van der Waals surface area contributed by atoms with Crippen LogP contribution in [0.3, 0.4) is 0 Å². The lowest BCUT2D eigenvalue weighted by molar-refractivity contribution is 0.154. The van der Waals surface area contributed by atoms with E-state index in [-0.39, 0.29) is 6.10 Å². The Labute approximate surface area is 89.9 Å². The van der Waals surface area contributed by atoms with Gasteiger partial charge in [-0.3, -0.25) is 0 Å². The van der Waals surface area contributed by atoms with Crippen LogP contribution < -0.4 is 10.2 Å². The van der Waals surface area contributed by atoms with E-state index in [9.17, 15) is 5.11 Å². The Morgan fingerprint density at radius 3 is 3.20 bits per heavy atom. The first kappa shape index (κ1) is 10.2. The van der Waals surface area contributed by atoms with E-state index in [1.54, 1.807) is 6.20 Å². The summed E-state index contributed by atoms with van der Waals surface area (Å²) in [6.45, 7) is 1.75. The average molecular weight is 207 g/mol. The summed E-state index contributed by atoms with van der Waals surface area (Å²) in [5.41, 5.74) is 1.13. The lowest BCUT2D eigenvalue weighted by Crippen LogP contribution is -2.38. The molecular weight excluding hydrogens is 190 g/mol. The molecule has 1 aromatic rings. The summed E-state index contributed by atoms with van der Waals surface area (Å²) in [6.07, 6.45) is 3.58. The third-order valence-corrected chi connectivity index (χ3v) is 2.76. The zero-order chi connectivity index (χ0) is 10.7. The summed E-state index contributed by atoms with van der Waals surface area (Å²) in [7, 11) is 1.86. The van der Waals surface area contributed by atoms with Crippen LogP contribution in [-0.2, 0) is 0 Å². The summed E-state index contributed by atoms with van der Waals surface area (Å²) in [6, 6.07) is 4.00. The molecule has 0 bridgehead atoms. The molecule has 0 aromatic carbocycles. The van der Waals surface area contributed by atoms with Crippen LogP contribution in [0.5, 0.6) is 0 Å². The molecule has 82 valence electrons. The number of anilines is 2. The third-order valence-electron chi connectivity index (χ3n) is 2.76. The zero-order valence-corrected chi connectivity index (χ0v) is 8.98. The Morgan fingerprint density at radius 1 is 1.60 bits per heavy atom. The van der Waals surface area contributed by atoms with Crippen LogP contribution in [-0.4, -0.2) is 36.3 Å². The van der Waals surface area contributed by atoms with Gasteiger partial charge in [0.2, 0.25) is 0 Å². The van der Waals surface area contributed by atoms with Gasteiger partial charge in [0, 0.05) is 38.1 Å². The molecule has 1 unspecified atom stereocenters. The van der Waals surface area contributed by atoms with E-state index in [4.69, 9.17) is 0 Å². The van der Waals surface area contributed by atoms with Crippen LogP contribution in [0, 0.1) is 0 Å². The van der Waals surface area contributed by atoms with Gasteiger partial charge in [-0.1, -0.05) is 0 Å². The molecule has 1 fully saturated rings. The second kappa shape index (κ2) is 4.49. The lowest BCUT2D eigenvalue weighted by Gasteiger charge is -2.32. The Morgan fingerprint density at radius 2 is 2.47 bits per heavy atom. The Bertz CT molecular complexity index is 329. The molecule has 1 atom stereocenters. The lowest BCUT2D eigenvalue weighted by atomic mass is 10.1. The van der Waals surface area contributed by atoms with Gasteiger partial charge < -0.3 is 15.3 Å². The molecule has 2 heterocycles. The topological polar surface area (TPSA) is 48.4 Å². The minimum atomic E-state index is -0.190. The molecule has 0 spiro atoms. The number of pyridine rings is 1. The van der Waals surface area contributed by atoms with Crippen molar-refractivity contribution in [2.24, 2.45) is 0 Å². The molecule has 1 aromatic heterocycles. The van der Waals surface area contributed by atoms with E-state index in [0.717, 1.165) is 37.4 Å². The maximum Gasteiger partial charge on any atom is 0.127 e. The molecule has 2 rings (SSSR count). The number of aromatic nitrogens is 1. The van der Waals surface area contributed by atoms with E-state index < -0.39 is 0 Å². The van der Waals surface area contributed by atoms with Crippen molar-refractivity contribution < 1.29 is 5.11 Å². The van der Waals surface area contributed by atoms with Crippen molar-refractivity contribution in [3.63, 3.8) is 0 Å². The second-order valence-electron chi connectivity index (χ2n) is 3.89. The summed E-state index contributed by atoms with van der Waals surface area (Å²) >= 11 is 0. The number of hydrogen-bond acceptors (Lipinski definition) is 4. The number of nitrogens with one attached hydrogen (secondary N) is 1. The Balaban J connectivity index is 2.13. The van der Waals surface area contributed by atoms with E-state index in [2.05, 4.69) is 15.2 Å². The molecule has 2 N–H and O–H groups in total. The second-order valence-corrected chi connectivity index (χ2v) is 3.89. The first-order valence-corrected chi connectivity index (χ1v) is 5.36. The Kier molecular flexibility index (Phi) is 3.06. The SMILES string of the molecule is CNc1cc(N2CCCC(O)C2)ccn1. The maximum atomic E-state index is 9.59. The van der Waals surface area contributed by atoms with Gasteiger partial charge in [-0.25, -0.2) is 4.98 Å². The van der Waals surface area contributed by atoms with E-state index >= 15 is 0 Å². The Hall–Kier alpha value is -1.29. The fourth-order valence-electron chi connectivity index (χ4n) is 1.94. The molecule has 1 aliphatic rings. The van der Waals surface area contributed by atoms with Crippen molar-refractivity contribution >= 4 is 11.5 Å². The quantitative estimate of drug-likeness (QED) is 0.762. The summed E-state index contributed by atoms with van der Waals surface area (Å²) in [5, 5.41) is 12.6. The molecule has 4 nitrogen and oxygen atoms in total. The predicted octanol–water partition coefficient (Wildman–Crippen LogP) is 1.08. The highest BCUT2D eigenvalue weighted by Crippen LogP contribution is 2.21. The molecule has 4 heteroatoms. The van der Waals surface area contributed by atoms with E-state index in [1.807, 2.05) is 19.2 Å². The summed E-state index contributed by atoms with van der Waals surface area (Å²) in [4.78, 5) is 6.38. The summed E-state index contributed by atoms with van der Waals surface area (Å²) in [5.74, 6) is 0.868. The van der Waals surface area contributed by atoms with Gasteiger partial charge in [-0.05, 0) is 18.9 Å².